The zero-order chi connectivity index (χ0) is 15.1. The quantitative estimate of drug-likeness (QED) is 0.745. The standard InChI is InChI=1S/C16H14ClN5/c17-12-8-20-16-14(15(12)22-4-2-1-3-5-22)11-6-10(7-18)19-9-13(11)21-16/h6,8-9H,1-5H2,(H,20,21). The van der Waals surface area contributed by atoms with Gasteiger partial charge in [-0.1, -0.05) is 11.6 Å². The molecule has 0 aliphatic carbocycles. The summed E-state index contributed by atoms with van der Waals surface area (Å²) in [5.41, 5.74) is 3.09. The Hall–Kier alpha value is -2.32. The van der Waals surface area contributed by atoms with Gasteiger partial charge in [0, 0.05) is 18.5 Å². The van der Waals surface area contributed by atoms with E-state index in [1.807, 2.05) is 0 Å². The molecular weight excluding hydrogens is 298 g/mol. The van der Waals surface area contributed by atoms with Crippen LogP contribution in [0.4, 0.5) is 5.69 Å². The molecular formula is C16H14ClN5. The van der Waals surface area contributed by atoms with E-state index in [1.54, 1.807) is 18.5 Å². The first kappa shape index (κ1) is 13.4. The first-order chi connectivity index (χ1) is 10.8. The Balaban J connectivity index is 2.04. The molecule has 6 heteroatoms. The second-order valence-corrected chi connectivity index (χ2v) is 5.99. The predicted molar refractivity (Wildman–Crippen MR) is 87.2 cm³/mol. The Morgan fingerprint density at radius 2 is 2.00 bits per heavy atom. The highest BCUT2D eigenvalue weighted by atomic mass is 35.5. The van der Waals surface area contributed by atoms with Crippen molar-refractivity contribution in [2.75, 3.05) is 18.0 Å². The maximum absolute atomic E-state index is 9.10. The van der Waals surface area contributed by atoms with Gasteiger partial charge in [0.1, 0.15) is 17.4 Å². The molecule has 4 heterocycles. The van der Waals surface area contributed by atoms with E-state index in [0.29, 0.717) is 10.7 Å². The SMILES string of the molecule is N#Cc1cc2c(cn1)[nH]c1ncc(Cl)c(N3CCCCC3)c12. The number of nitrogens with one attached hydrogen (secondary N) is 1. The van der Waals surface area contributed by atoms with E-state index in [-0.39, 0.29) is 0 Å². The number of rotatable bonds is 1. The number of halogens is 1. The van der Waals surface area contributed by atoms with Crippen LogP contribution in [0, 0.1) is 11.3 Å². The van der Waals surface area contributed by atoms with Crippen LogP contribution in [0.1, 0.15) is 25.0 Å². The van der Waals surface area contributed by atoms with Gasteiger partial charge < -0.3 is 9.88 Å². The molecule has 22 heavy (non-hydrogen) atoms. The minimum Gasteiger partial charge on any atom is -0.370 e. The Bertz CT molecular complexity index is 902. The Morgan fingerprint density at radius 3 is 2.77 bits per heavy atom. The molecule has 1 aliphatic rings. The number of fused-ring (bicyclic) bond motifs is 3. The first-order valence-electron chi connectivity index (χ1n) is 7.39. The highest BCUT2D eigenvalue weighted by molar-refractivity contribution is 6.35. The summed E-state index contributed by atoms with van der Waals surface area (Å²) < 4.78 is 0. The molecule has 1 fully saturated rings. The molecule has 0 aromatic carbocycles. The topological polar surface area (TPSA) is 68.6 Å². The van der Waals surface area contributed by atoms with Gasteiger partial charge in [0.2, 0.25) is 0 Å². The number of aromatic nitrogens is 3. The molecule has 0 radical (unpaired) electrons. The number of nitrogens with zero attached hydrogens (tertiary/aromatic N) is 4. The smallest absolute Gasteiger partial charge is 0.141 e. The molecule has 0 unspecified atom stereocenters. The lowest BCUT2D eigenvalue weighted by Crippen LogP contribution is -2.29. The van der Waals surface area contributed by atoms with Crippen LogP contribution in [0.2, 0.25) is 5.02 Å². The van der Waals surface area contributed by atoms with E-state index in [0.717, 1.165) is 40.7 Å². The molecule has 3 aromatic rings. The van der Waals surface area contributed by atoms with Crippen molar-refractivity contribution in [1.29, 1.82) is 5.26 Å². The average Bonchev–Trinajstić information content (AvgIpc) is 2.93. The minimum absolute atomic E-state index is 0.401. The van der Waals surface area contributed by atoms with E-state index in [2.05, 4.69) is 25.9 Å². The predicted octanol–water partition coefficient (Wildman–Crippen LogP) is 3.63. The largest absolute Gasteiger partial charge is 0.370 e. The van der Waals surface area contributed by atoms with Gasteiger partial charge in [-0.2, -0.15) is 5.26 Å². The highest BCUT2D eigenvalue weighted by Gasteiger charge is 2.20. The van der Waals surface area contributed by atoms with Crippen LogP contribution in [-0.4, -0.2) is 28.0 Å². The Morgan fingerprint density at radius 1 is 1.18 bits per heavy atom. The van der Waals surface area contributed by atoms with Crippen LogP contribution in [0.3, 0.4) is 0 Å². The summed E-state index contributed by atoms with van der Waals surface area (Å²) in [6.45, 7) is 2.00. The van der Waals surface area contributed by atoms with Gasteiger partial charge in [-0.05, 0) is 25.3 Å². The van der Waals surface area contributed by atoms with Crippen LogP contribution >= 0.6 is 11.6 Å². The zero-order valence-corrected chi connectivity index (χ0v) is 12.7. The van der Waals surface area contributed by atoms with Crippen LogP contribution < -0.4 is 4.90 Å². The Kier molecular flexibility index (Phi) is 3.12. The monoisotopic (exact) mass is 311 g/mol. The third kappa shape index (κ3) is 1.99. The maximum atomic E-state index is 9.10. The number of aromatic amines is 1. The summed E-state index contributed by atoms with van der Waals surface area (Å²) in [5, 5.41) is 11.7. The third-order valence-electron chi connectivity index (χ3n) is 4.22. The molecule has 3 aromatic heterocycles. The molecule has 110 valence electrons. The van der Waals surface area contributed by atoms with E-state index in [1.165, 1.54) is 19.3 Å². The van der Waals surface area contributed by atoms with Crippen molar-refractivity contribution in [3.63, 3.8) is 0 Å². The van der Waals surface area contributed by atoms with Gasteiger partial charge in [0.25, 0.3) is 0 Å². The van der Waals surface area contributed by atoms with Gasteiger partial charge in [0.15, 0.2) is 0 Å². The number of pyridine rings is 2. The highest BCUT2D eigenvalue weighted by Crippen LogP contribution is 2.38. The Labute approximate surface area is 132 Å². The molecule has 0 amide bonds. The zero-order valence-electron chi connectivity index (χ0n) is 11.9. The fourth-order valence-electron chi connectivity index (χ4n) is 3.21. The van der Waals surface area contributed by atoms with Crippen molar-refractivity contribution in [2.45, 2.75) is 19.3 Å². The van der Waals surface area contributed by atoms with Crippen molar-refractivity contribution in [2.24, 2.45) is 0 Å². The van der Waals surface area contributed by atoms with Crippen molar-refractivity contribution in [1.82, 2.24) is 15.0 Å². The second kappa shape index (κ2) is 5.15. The van der Waals surface area contributed by atoms with Crippen LogP contribution in [0.5, 0.6) is 0 Å². The summed E-state index contributed by atoms with van der Waals surface area (Å²) in [4.78, 5) is 14.1. The number of hydrogen-bond acceptors (Lipinski definition) is 4. The van der Waals surface area contributed by atoms with Gasteiger partial charge >= 0.3 is 0 Å². The number of H-pyrrole nitrogens is 1. The first-order valence-corrected chi connectivity index (χ1v) is 7.76. The van der Waals surface area contributed by atoms with Gasteiger partial charge in [-0.25, -0.2) is 9.97 Å². The third-order valence-corrected chi connectivity index (χ3v) is 4.50. The fraction of sp³-hybridized carbons (Fsp3) is 0.312. The molecule has 1 N–H and O–H groups in total. The lowest BCUT2D eigenvalue weighted by atomic mass is 10.1. The van der Waals surface area contributed by atoms with Crippen molar-refractivity contribution in [3.05, 3.63) is 29.2 Å². The van der Waals surface area contributed by atoms with E-state index < -0.39 is 0 Å². The summed E-state index contributed by atoms with van der Waals surface area (Å²) in [5.74, 6) is 0. The maximum Gasteiger partial charge on any atom is 0.141 e. The number of hydrogen-bond donors (Lipinski definition) is 1. The summed E-state index contributed by atoms with van der Waals surface area (Å²) in [7, 11) is 0. The van der Waals surface area contributed by atoms with Gasteiger partial charge in [0.05, 0.1) is 34.0 Å². The minimum atomic E-state index is 0.401. The average molecular weight is 312 g/mol. The summed E-state index contributed by atoms with van der Waals surface area (Å²) >= 11 is 6.47. The number of anilines is 1. The molecule has 5 nitrogen and oxygen atoms in total. The van der Waals surface area contributed by atoms with E-state index in [9.17, 15) is 0 Å². The van der Waals surface area contributed by atoms with Gasteiger partial charge in [-0.3, -0.25) is 0 Å². The molecule has 1 saturated heterocycles. The molecule has 4 rings (SSSR count). The molecule has 0 saturated carbocycles. The van der Waals surface area contributed by atoms with Gasteiger partial charge in [-0.15, -0.1) is 0 Å². The molecule has 1 aliphatic heterocycles. The van der Waals surface area contributed by atoms with Crippen LogP contribution in [0.25, 0.3) is 21.9 Å². The van der Waals surface area contributed by atoms with Crippen molar-refractivity contribution in [3.8, 4) is 6.07 Å². The van der Waals surface area contributed by atoms with Crippen molar-refractivity contribution >= 4 is 39.2 Å². The fourth-order valence-corrected chi connectivity index (χ4v) is 3.47. The normalized spacial score (nSPS) is 15.4. The lowest BCUT2D eigenvalue weighted by molar-refractivity contribution is 0.579. The molecule has 0 bridgehead atoms. The number of nitriles is 1. The summed E-state index contributed by atoms with van der Waals surface area (Å²) in [6, 6.07) is 3.90. The number of piperidine rings is 1. The molecule has 0 spiro atoms. The lowest BCUT2D eigenvalue weighted by Gasteiger charge is -2.30. The molecule has 0 atom stereocenters. The van der Waals surface area contributed by atoms with Crippen molar-refractivity contribution < 1.29 is 0 Å². The van der Waals surface area contributed by atoms with E-state index in [4.69, 9.17) is 16.9 Å². The second-order valence-electron chi connectivity index (χ2n) is 5.58. The van der Waals surface area contributed by atoms with Crippen LogP contribution in [-0.2, 0) is 0 Å². The van der Waals surface area contributed by atoms with E-state index >= 15 is 0 Å². The summed E-state index contributed by atoms with van der Waals surface area (Å²) in [6.07, 6.45) is 6.99. The van der Waals surface area contributed by atoms with Crippen LogP contribution in [0.15, 0.2) is 18.5 Å².